The second-order valence-electron chi connectivity index (χ2n) is 30.7. The molecule has 11 unspecified atom stereocenters. The van der Waals surface area contributed by atoms with Gasteiger partial charge in [0.25, 0.3) is 0 Å². The Morgan fingerprint density at radius 3 is 1.91 bits per heavy atom. The molecule has 0 radical (unpaired) electrons. The summed E-state index contributed by atoms with van der Waals surface area (Å²) in [5.41, 5.74) is 11.8. The van der Waals surface area contributed by atoms with Crippen LogP contribution in [0.3, 0.4) is 0 Å². The van der Waals surface area contributed by atoms with E-state index in [1.165, 1.54) is 31.3 Å². The number of benzene rings is 3. The van der Waals surface area contributed by atoms with Crippen LogP contribution < -0.4 is 5.73 Å². The molecule has 11 rings (SSSR count). The number of carbonyl (C=O) groups is 1. The van der Waals surface area contributed by atoms with Gasteiger partial charge in [-0.15, -0.1) is 0 Å². The van der Waals surface area contributed by atoms with Crippen LogP contribution in [0.25, 0.3) is 0 Å². The van der Waals surface area contributed by atoms with Gasteiger partial charge in [0.15, 0.2) is 12.6 Å². The van der Waals surface area contributed by atoms with E-state index in [-0.39, 0.29) is 76.7 Å². The molecule has 4 saturated carbocycles. The first-order valence-corrected chi connectivity index (χ1v) is 34.0. The Morgan fingerprint density at radius 1 is 0.625 bits per heavy atom. The molecule has 13 nitrogen and oxygen atoms in total. The van der Waals surface area contributed by atoms with Crippen LogP contribution in [0.4, 0.5) is 0 Å². The predicted molar refractivity (Wildman–Crippen MR) is 340 cm³/mol. The van der Waals surface area contributed by atoms with Crippen molar-refractivity contribution in [3.05, 3.63) is 119 Å². The number of hydrogen-bond donors (Lipinski definition) is 1. The fourth-order valence-corrected chi connectivity index (χ4v) is 19.3. The molecule has 3 aromatic carbocycles. The van der Waals surface area contributed by atoms with Gasteiger partial charge in [-0.05, 0) is 145 Å². The van der Waals surface area contributed by atoms with Crippen LogP contribution >= 0.6 is 0 Å². The second kappa shape index (κ2) is 26.4. The lowest BCUT2D eigenvalue weighted by atomic mass is 9.32. The Labute approximate surface area is 527 Å². The van der Waals surface area contributed by atoms with E-state index in [1.807, 2.05) is 80.6 Å². The summed E-state index contributed by atoms with van der Waals surface area (Å²) in [7, 11) is 1.64. The zero-order chi connectivity index (χ0) is 62.6. The molecule has 0 aromatic heterocycles. The third-order valence-electron chi connectivity index (χ3n) is 25.0. The van der Waals surface area contributed by atoms with Crippen LogP contribution in [0, 0.1) is 73.9 Å². The topological polar surface area (TPSA) is 145 Å². The molecule has 0 amide bonds. The summed E-state index contributed by atoms with van der Waals surface area (Å²) < 4.78 is 74.9. The first-order valence-electron chi connectivity index (χ1n) is 34.0. The highest BCUT2D eigenvalue weighted by molar-refractivity contribution is 5.79. The smallest absolute Gasteiger partial charge is 0.315 e. The molecule has 3 heterocycles. The molecule has 2 N–H and O–H groups in total. The maximum absolute atomic E-state index is 16.3. The minimum Gasteiger partial charge on any atom is -0.432 e. The van der Waals surface area contributed by atoms with Crippen molar-refractivity contribution in [3.8, 4) is 0 Å². The minimum atomic E-state index is -1.15. The monoisotopic (exact) mass is 1220 g/mol. The summed E-state index contributed by atoms with van der Waals surface area (Å²) in [5, 5.41) is 0. The summed E-state index contributed by atoms with van der Waals surface area (Å²) in [6, 6.07) is 29.9. The fraction of sp³-hybridized carbons (Fsp3) is 0.720. The molecule has 0 spiro atoms. The van der Waals surface area contributed by atoms with Gasteiger partial charge < -0.3 is 57.8 Å². The SMILES string of the molecule is CCOC1C(OC)C(OC2C(C)[C@@H](N)C(COCc3ccccc3)O[C@H]2OC(=O)[C@]23CCC(C)(C)CC2C2=CCC4C5(C)CC[C@H](C)C(C)(C)[C@@H]5CC[C@@]4(C)[C@]2(C)C[C@H]3C)O[C@H](C)[C@@H]1O[C@@H]1OC[C@@H](OCc2ccccc2)C(OCc2ccccc2)C1C. The molecule has 3 saturated heterocycles. The van der Waals surface area contributed by atoms with E-state index in [0.29, 0.717) is 49.6 Å². The van der Waals surface area contributed by atoms with Gasteiger partial charge in [0.1, 0.15) is 36.6 Å². The molecular formula is C75H109NO12. The number of fused-ring (bicyclic) bond motifs is 7. The van der Waals surface area contributed by atoms with Crippen LogP contribution in [0.1, 0.15) is 164 Å². The van der Waals surface area contributed by atoms with Gasteiger partial charge in [-0.1, -0.05) is 179 Å². The normalized spacial score (nSPS) is 42.8. The fourth-order valence-electron chi connectivity index (χ4n) is 19.3. The molecule has 8 aliphatic rings. The molecule has 5 aliphatic carbocycles. The molecule has 13 heteroatoms. The predicted octanol–water partition coefficient (Wildman–Crippen LogP) is 14.2. The Bertz CT molecular complexity index is 2820. The van der Waals surface area contributed by atoms with Gasteiger partial charge in [0.05, 0.1) is 50.7 Å². The molecule has 88 heavy (non-hydrogen) atoms. The molecule has 0 bridgehead atoms. The van der Waals surface area contributed by atoms with Gasteiger partial charge in [-0.2, -0.15) is 0 Å². The first-order chi connectivity index (χ1) is 42.0. The maximum atomic E-state index is 16.3. The minimum absolute atomic E-state index is 0.00909. The van der Waals surface area contributed by atoms with Crippen LogP contribution in [-0.4, -0.2) is 107 Å². The Balaban J connectivity index is 0.861. The molecule has 3 aliphatic heterocycles. The van der Waals surface area contributed by atoms with Crippen molar-refractivity contribution in [1.29, 1.82) is 0 Å². The van der Waals surface area contributed by atoms with Crippen molar-refractivity contribution in [3.63, 3.8) is 0 Å². The van der Waals surface area contributed by atoms with Crippen molar-refractivity contribution in [1.82, 2.24) is 0 Å². The van der Waals surface area contributed by atoms with Gasteiger partial charge in [0, 0.05) is 31.6 Å². The molecular weight excluding hydrogens is 1110 g/mol. The van der Waals surface area contributed by atoms with Crippen molar-refractivity contribution in [2.45, 2.75) is 241 Å². The average Bonchev–Trinajstić information content (AvgIpc) is 0.680. The number of nitrogens with two attached hydrogens (primary N) is 1. The number of methoxy groups -OCH3 is 1. The first kappa shape index (κ1) is 65.9. The maximum Gasteiger partial charge on any atom is 0.315 e. The highest BCUT2D eigenvalue weighted by Gasteiger charge is 2.71. The van der Waals surface area contributed by atoms with Crippen LogP contribution in [0.15, 0.2) is 103 Å². The summed E-state index contributed by atoms with van der Waals surface area (Å²) in [6.45, 7) is 32.9. The number of hydrogen-bond acceptors (Lipinski definition) is 13. The summed E-state index contributed by atoms with van der Waals surface area (Å²) in [4.78, 5) is 16.3. The van der Waals surface area contributed by atoms with E-state index in [9.17, 15) is 0 Å². The van der Waals surface area contributed by atoms with Crippen molar-refractivity contribution in [2.24, 2.45) is 79.6 Å². The third kappa shape index (κ3) is 12.2. The van der Waals surface area contributed by atoms with E-state index in [1.54, 1.807) is 7.11 Å². The Kier molecular flexibility index (Phi) is 19.8. The molecule has 3 aromatic rings. The van der Waals surface area contributed by atoms with Crippen molar-refractivity contribution >= 4 is 5.97 Å². The van der Waals surface area contributed by atoms with Crippen LogP contribution in [-0.2, 0) is 76.7 Å². The molecule has 7 fully saturated rings. The van der Waals surface area contributed by atoms with Gasteiger partial charge in [0.2, 0.25) is 6.29 Å². The number of ether oxygens (including phenoxy) is 11. The summed E-state index contributed by atoms with van der Waals surface area (Å²) in [5.74, 6) is 1.18. The van der Waals surface area contributed by atoms with E-state index in [2.05, 4.69) is 107 Å². The van der Waals surface area contributed by atoms with Crippen LogP contribution in [0.5, 0.6) is 0 Å². The largest absolute Gasteiger partial charge is 0.432 e. The summed E-state index contributed by atoms with van der Waals surface area (Å²) >= 11 is 0. The van der Waals surface area contributed by atoms with E-state index >= 15 is 4.79 Å². The van der Waals surface area contributed by atoms with Crippen molar-refractivity contribution < 1.29 is 56.9 Å². The highest BCUT2D eigenvalue weighted by atomic mass is 16.8. The zero-order valence-electron chi connectivity index (χ0n) is 55.8. The van der Waals surface area contributed by atoms with Crippen molar-refractivity contribution in [2.75, 3.05) is 26.9 Å². The lowest BCUT2D eigenvalue weighted by Gasteiger charge is -2.72. The second-order valence-corrected chi connectivity index (χ2v) is 30.7. The Hall–Kier alpha value is -3.57. The lowest BCUT2D eigenvalue weighted by Crippen LogP contribution is -2.67. The molecule has 486 valence electrons. The Morgan fingerprint density at radius 2 is 1.26 bits per heavy atom. The van der Waals surface area contributed by atoms with Gasteiger partial charge in [-0.3, -0.25) is 4.79 Å². The van der Waals surface area contributed by atoms with E-state index in [0.717, 1.165) is 48.8 Å². The number of rotatable bonds is 19. The van der Waals surface area contributed by atoms with Crippen LogP contribution in [0.2, 0.25) is 0 Å². The highest BCUT2D eigenvalue weighted by Crippen LogP contribution is 2.77. The molecule has 23 atom stereocenters. The standard InChI is InChI=1S/C75H109NO12/c1-15-80-64-63(87-66-49(5)61(82-43-53-29-23-18-24-30-53)57(45-83-66)81-42-52-27-21-17-22-28-52)50(6)84-68(65(64)78-14)86-62-48(4)60(76)56(44-79-41-51-25-19-16-20-26-51)85-67(62)88-69(77)75-38-37-70(7,8)40-55(75)54-31-32-59-72(11)35-33-46(2)71(9,10)58(72)34-36-73(59,12)74(54,13)39-47(75)3/h16-31,46-50,55-68H,15,32-45,76H2,1-14H3/t46-,47+,48?,49?,50+,55?,56?,57+,58-,59?,60+,61?,62?,63-,64?,65?,66-,67-,68?,72?,73+,74+,75-/m0/s1. The summed E-state index contributed by atoms with van der Waals surface area (Å²) in [6.07, 6.45) is 4.58. The quantitative estimate of drug-likeness (QED) is 0.0899. The third-order valence-corrected chi connectivity index (χ3v) is 25.0. The zero-order valence-corrected chi connectivity index (χ0v) is 55.8. The number of esters is 1. The lowest BCUT2D eigenvalue weighted by molar-refractivity contribution is -0.370. The van der Waals surface area contributed by atoms with E-state index in [4.69, 9.17) is 57.8 Å². The van der Waals surface area contributed by atoms with Gasteiger partial charge >= 0.3 is 5.97 Å². The van der Waals surface area contributed by atoms with E-state index < -0.39 is 67.0 Å². The average molecular weight is 1220 g/mol. The number of carbonyl (C=O) groups excluding carboxylic acids is 1. The number of allylic oxidation sites excluding steroid dienone is 2. The van der Waals surface area contributed by atoms with Gasteiger partial charge in [-0.25, -0.2) is 0 Å².